The number of nitrogens with one attached hydrogen (secondary N) is 1. The molecule has 1 aliphatic rings. The molecule has 1 aliphatic heterocycles. The van der Waals surface area contributed by atoms with E-state index in [4.69, 9.17) is 4.74 Å². The molecule has 0 saturated carbocycles. The minimum atomic E-state index is -0.338. The second-order valence-electron chi connectivity index (χ2n) is 5.90. The van der Waals surface area contributed by atoms with Crippen molar-refractivity contribution >= 4 is 11.5 Å². The zero-order valence-corrected chi connectivity index (χ0v) is 14.5. The summed E-state index contributed by atoms with van der Waals surface area (Å²) in [6, 6.07) is 7.74. The van der Waals surface area contributed by atoms with Gasteiger partial charge in [-0.05, 0) is 41.6 Å². The Labute approximate surface area is 151 Å². The number of methoxy groups -OCH3 is 1. The first-order valence-electron chi connectivity index (χ1n) is 8.33. The van der Waals surface area contributed by atoms with Gasteiger partial charge in [0.1, 0.15) is 11.6 Å². The van der Waals surface area contributed by atoms with Crippen LogP contribution in [0.5, 0.6) is 5.75 Å². The predicted molar refractivity (Wildman–Crippen MR) is 97.8 cm³/mol. The van der Waals surface area contributed by atoms with Gasteiger partial charge in [0, 0.05) is 12.8 Å². The third-order valence-corrected chi connectivity index (χ3v) is 4.28. The van der Waals surface area contributed by atoms with Crippen LogP contribution in [0.2, 0.25) is 0 Å². The number of halogens is 1. The molecule has 2 heterocycles. The number of hydrogen-bond acceptors (Lipinski definition) is 4. The Morgan fingerprint density at radius 1 is 1.31 bits per heavy atom. The van der Waals surface area contributed by atoms with Gasteiger partial charge in [-0.15, -0.1) is 4.91 Å². The van der Waals surface area contributed by atoms with Crippen molar-refractivity contribution in [2.24, 2.45) is 5.18 Å². The molecule has 0 atom stereocenters. The molecule has 26 heavy (non-hydrogen) atoms. The number of H-pyrrole nitrogens is 1. The van der Waals surface area contributed by atoms with Crippen molar-refractivity contribution in [3.8, 4) is 17.6 Å². The highest BCUT2D eigenvalue weighted by Crippen LogP contribution is 2.27. The number of pyridine rings is 1. The van der Waals surface area contributed by atoms with E-state index in [1.165, 1.54) is 24.8 Å². The van der Waals surface area contributed by atoms with Crippen molar-refractivity contribution in [3.05, 3.63) is 64.5 Å². The van der Waals surface area contributed by atoms with Gasteiger partial charge in [-0.25, -0.2) is 9.37 Å². The van der Waals surface area contributed by atoms with E-state index in [9.17, 15) is 9.30 Å². The van der Waals surface area contributed by atoms with Crippen molar-refractivity contribution < 1.29 is 14.1 Å². The number of rotatable bonds is 3. The van der Waals surface area contributed by atoms with E-state index in [0.717, 1.165) is 31.7 Å². The van der Waals surface area contributed by atoms with E-state index in [0.29, 0.717) is 17.0 Å². The zero-order chi connectivity index (χ0) is 18.4. The van der Waals surface area contributed by atoms with Gasteiger partial charge in [0.2, 0.25) is 0 Å². The lowest BCUT2D eigenvalue weighted by molar-refractivity contribution is -0.363. The van der Waals surface area contributed by atoms with E-state index in [1.54, 1.807) is 24.4 Å². The summed E-state index contributed by atoms with van der Waals surface area (Å²) in [5.41, 5.74) is 2.17. The van der Waals surface area contributed by atoms with Crippen LogP contribution in [-0.4, -0.2) is 20.2 Å². The fourth-order valence-electron chi connectivity index (χ4n) is 2.90. The molecular formula is C20H19FN3O2+. The first-order chi connectivity index (χ1) is 12.7. The second-order valence-corrected chi connectivity index (χ2v) is 5.90. The van der Waals surface area contributed by atoms with Crippen LogP contribution >= 0.6 is 0 Å². The Morgan fingerprint density at radius 2 is 2.12 bits per heavy atom. The number of benzene rings is 1. The van der Waals surface area contributed by atoms with Crippen LogP contribution in [0.3, 0.4) is 0 Å². The molecule has 6 heteroatoms. The molecule has 1 fully saturated rings. The largest absolute Gasteiger partial charge is 0.495 e. The number of hydrogen-bond donors (Lipinski definition) is 0. The van der Waals surface area contributed by atoms with Gasteiger partial charge in [-0.3, -0.25) is 4.90 Å². The monoisotopic (exact) mass is 352 g/mol. The van der Waals surface area contributed by atoms with Crippen LogP contribution in [-0.2, 0) is 0 Å². The van der Waals surface area contributed by atoms with Gasteiger partial charge in [-0.1, -0.05) is 17.4 Å². The quantitative estimate of drug-likeness (QED) is 0.626. The first kappa shape index (κ1) is 17.6. The Balaban J connectivity index is 1.68. The van der Waals surface area contributed by atoms with Crippen molar-refractivity contribution in [2.75, 3.05) is 25.1 Å². The Hall–Kier alpha value is -3.20. The second kappa shape index (κ2) is 8.26. The lowest BCUT2D eigenvalue weighted by atomic mass is 10.0. The summed E-state index contributed by atoms with van der Waals surface area (Å²) in [5.74, 6) is 6.91. The molecule has 0 aliphatic carbocycles. The number of ether oxygens (including phenoxy) is 1. The summed E-state index contributed by atoms with van der Waals surface area (Å²) in [6.45, 7) is 1.56. The molecule has 0 spiro atoms. The first-order valence-corrected chi connectivity index (χ1v) is 8.33. The van der Waals surface area contributed by atoms with Crippen molar-refractivity contribution in [1.82, 2.24) is 0 Å². The highest BCUT2D eigenvalue weighted by Gasteiger charge is 2.24. The van der Waals surface area contributed by atoms with Crippen molar-refractivity contribution in [1.29, 1.82) is 0 Å². The van der Waals surface area contributed by atoms with Gasteiger partial charge in [-0.2, -0.15) is 0 Å². The maximum Gasteiger partial charge on any atom is 0.304 e. The topological polar surface area (TPSA) is 56.0 Å². The number of allylic oxidation sites excluding steroid dienone is 1. The van der Waals surface area contributed by atoms with Gasteiger partial charge >= 0.3 is 5.82 Å². The van der Waals surface area contributed by atoms with E-state index >= 15 is 0 Å². The summed E-state index contributed by atoms with van der Waals surface area (Å²) in [7, 11) is 1.54. The molecule has 132 valence electrons. The third kappa shape index (κ3) is 4.06. The molecule has 0 unspecified atom stereocenters. The molecule has 0 radical (unpaired) electrons. The van der Waals surface area contributed by atoms with Crippen LogP contribution < -0.4 is 14.6 Å². The highest BCUT2D eigenvalue weighted by atomic mass is 19.1. The minimum Gasteiger partial charge on any atom is -0.495 e. The van der Waals surface area contributed by atoms with Gasteiger partial charge in [0.25, 0.3) is 0 Å². The maximum absolute atomic E-state index is 13.4. The molecule has 1 N–H and O–H groups in total. The fraction of sp³-hybridized carbons (Fsp3) is 0.250. The van der Waals surface area contributed by atoms with Crippen molar-refractivity contribution in [2.45, 2.75) is 12.8 Å². The number of nitrogens with zero attached hydrogens (tertiary/aromatic N) is 2. The summed E-state index contributed by atoms with van der Waals surface area (Å²) in [5, 5.41) is 3.07. The Morgan fingerprint density at radius 3 is 2.85 bits per heavy atom. The Kier molecular flexibility index (Phi) is 5.59. The van der Waals surface area contributed by atoms with Crippen LogP contribution in [0.1, 0.15) is 18.4 Å². The number of aromatic amines is 1. The lowest BCUT2D eigenvalue weighted by Crippen LogP contribution is -2.34. The fourth-order valence-corrected chi connectivity index (χ4v) is 2.90. The lowest BCUT2D eigenvalue weighted by Gasteiger charge is -2.23. The van der Waals surface area contributed by atoms with E-state index < -0.39 is 0 Å². The van der Waals surface area contributed by atoms with Gasteiger partial charge in [0.05, 0.1) is 32.0 Å². The molecule has 1 saturated heterocycles. The smallest absolute Gasteiger partial charge is 0.304 e. The van der Waals surface area contributed by atoms with Gasteiger partial charge in [0.15, 0.2) is 5.69 Å². The predicted octanol–water partition coefficient (Wildman–Crippen LogP) is 3.62. The standard InChI is InChI=1S/C20H18FN3O2/c1-26-19-8-7-17(21)14-16(19)5-2-4-15-9-12-24(13-10-15)20-18(23-25)6-3-11-22-20/h3-4,6-8,11,14H,9-10,12-13H2,1H3/p+1. The summed E-state index contributed by atoms with van der Waals surface area (Å²) in [6.07, 6.45) is 5.36. The van der Waals surface area contributed by atoms with E-state index in [1.807, 2.05) is 6.08 Å². The molecule has 1 aromatic carbocycles. The minimum absolute atomic E-state index is 0.338. The number of nitroso groups, excluding NO2 is 1. The molecule has 0 bridgehead atoms. The molecule has 5 nitrogen and oxygen atoms in total. The Bertz CT molecular complexity index is 889. The average molecular weight is 352 g/mol. The zero-order valence-electron chi connectivity index (χ0n) is 14.5. The van der Waals surface area contributed by atoms with Crippen LogP contribution in [0.4, 0.5) is 15.9 Å². The molecule has 2 aromatic rings. The maximum atomic E-state index is 13.4. The summed E-state index contributed by atoms with van der Waals surface area (Å²) in [4.78, 5) is 16.1. The van der Waals surface area contributed by atoms with Crippen molar-refractivity contribution in [3.63, 3.8) is 0 Å². The molecule has 1 aromatic heterocycles. The molecular weight excluding hydrogens is 333 g/mol. The average Bonchev–Trinajstić information content (AvgIpc) is 2.69. The summed E-state index contributed by atoms with van der Waals surface area (Å²) >= 11 is 0. The van der Waals surface area contributed by atoms with E-state index in [2.05, 4.69) is 26.9 Å². The van der Waals surface area contributed by atoms with Gasteiger partial charge < -0.3 is 4.74 Å². The summed E-state index contributed by atoms with van der Waals surface area (Å²) < 4.78 is 18.5. The number of anilines is 1. The SMILES string of the molecule is COc1ccc(F)cc1C#CC=C1CCN(c2[nH+]cccc2N=O)CC1. The normalized spacial score (nSPS) is 13.6. The van der Waals surface area contributed by atoms with E-state index in [-0.39, 0.29) is 5.82 Å². The third-order valence-electron chi connectivity index (χ3n) is 4.28. The molecule has 0 amide bonds. The van der Waals surface area contributed by atoms with Crippen LogP contribution in [0, 0.1) is 22.6 Å². The molecule has 3 rings (SSSR count). The van der Waals surface area contributed by atoms with Crippen LogP contribution in [0.25, 0.3) is 0 Å². The number of piperidine rings is 1. The highest BCUT2D eigenvalue weighted by molar-refractivity contribution is 5.58. The number of aromatic nitrogens is 1. The van der Waals surface area contributed by atoms with Crippen LogP contribution in [0.15, 0.2) is 53.4 Å².